The van der Waals surface area contributed by atoms with Crippen molar-refractivity contribution in [3.63, 3.8) is 0 Å². The molecule has 0 saturated carbocycles. The maximum atomic E-state index is 12.4. The predicted octanol–water partition coefficient (Wildman–Crippen LogP) is 4.33. The molecule has 1 atom stereocenters. The van der Waals surface area contributed by atoms with Crippen LogP contribution in [0, 0.1) is 5.92 Å². The molecule has 0 radical (unpaired) electrons. The Balaban J connectivity index is 2.92. The van der Waals surface area contributed by atoms with Crippen molar-refractivity contribution in [3.05, 3.63) is 45.6 Å². The zero-order valence-corrected chi connectivity index (χ0v) is 12.9. The van der Waals surface area contributed by atoms with Gasteiger partial charge in [-0.25, -0.2) is 0 Å². The number of alkyl halides is 2. The highest BCUT2D eigenvalue weighted by Crippen LogP contribution is 2.36. The molecule has 0 saturated heterocycles. The molecule has 6 heteroatoms. The number of Topliss-reactive ketones (excluding diaryl/α,β-unsaturated/α-hetero) is 1. The van der Waals surface area contributed by atoms with E-state index in [9.17, 15) is 13.6 Å². The summed E-state index contributed by atoms with van der Waals surface area (Å²) in [6, 6.07) is 0. The van der Waals surface area contributed by atoms with Gasteiger partial charge in [0.1, 0.15) is 0 Å². The first-order valence-corrected chi connectivity index (χ1v) is 7.19. The molecule has 2 nitrogen and oxygen atoms in total. The summed E-state index contributed by atoms with van der Waals surface area (Å²) < 4.78 is 25.4. The molecule has 1 unspecified atom stereocenters. The van der Waals surface area contributed by atoms with Gasteiger partial charge < -0.3 is 5.32 Å². The van der Waals surface area contributed by atoms with Crippen molar-refractivity contribution in [1.82, 2.24) is 5.32 Å². The fraction of sp³-hybridized carbons (Fsp3) is 0.308. The minimum absolute atomic E-state index is 0.0326. The Kier molecular flexibility index (Phi) is 6.00. The van der Waals surface area contributed by atoms with Crippen LogP contribution in [0.4, 0.5) is 8.78 Å². The highest BCUT2D eigenvalue weighted by atomic mass is 79.9. The van der Waals surface area contributed by atoms with E-state index in [4.69, 9.17) is 0 Å². The van der Waals surface area contributed by atoms with E-state index in [0.29, 0.717) is 26.8 Å². The second kappa shape index (κ2) is 7.05. The number of hydrogen-bond donors (Lipinski definition) is 1. The highest BCUT2D eigenvalue weighted by molar-refractivity contribution is 9.12. The Bertz CT molecular complexity index is 483. The fourth-order valence-corrected chi connectivity index (χ4v) is 2.75. The number of thioether (sulfide) groups is 1. The van der Waals surface area contributed by atoms with Crippen LogP contribution in [-0.2, 0) is 4.79 Å². The number of nitrogens with one attached hydrogen (secondary N) is 1. The lowest BCUT2D eigenvalue weighted by Crippen LogP contribution is -2.16. The topological polar surface area (TPSA) is 29.1 Å². The van der Waals surface area contributed by atoms with Crippen molar-refractivity contribution in [1.29, 1.82) is 0 Å². The summed E-state index contributed by atoms with van der Waals surface area (Å²) in [5.41, 5.74) is 0.917. The van der Waals surface area contributed by atoms with E-state index in [1.807, 2.05) is 13.0 Å². The number of allylic oxidation sites excluding steroid dienone is 5. The summed E-state index contributed by atoms with van der Waals surface area (Å²) in [7, 11) is 0. The third-order valence-electron chi connectivity index (χ3n) is 2.31. The van der Waals surface area contributed by atoms with Crippen molar-refractivity contribution in [2.75, 3.05) is 0 Å². The molecular formula is C13H14BrF2NOS. The molecular weight excluding hydrogens is 336 g/mol. The van der Waals surface area contributed by atoms with Crippen molar-refractivity contribution in [2.45, 2.75) is 19.6 Å². The summed E-state index contributed by atoms with van der Waals surface area (Å²) >= 11 is 3.76. The van der Waals surface area contributed by atoms with Gasteiger partial charge in [0.15, 0.2) is 5.78 Å². The van der Waals surface area contributed by atoms with Crippen LogP contribution in [0.2, 0.25) is 0 Å². The van der Waals surface area contributed by atoms with Gasteiger partial charge in [0.2, 0.25) is 0 Å². The number of carbonyl (C=O) groups is 1. The molecule has 0 aromatic rings. The summed E-state index contributed by atoms with van der Waals surface area (Å²) in [5.74, 6) is -2.67. The van der Waals surface area contributed by atoms with E-state index in [2.05, 4.69) is 27.8 Å². The van der Waals surface area contributed by atoms with Crippen LogP contribution in [-0.4, -0.2) is 11.5 Å². The number of ketones is 1. The monoisotopic (exact) mass is 349 g/mol. The van der Waals surface area contributed by atoms with Crippen LogP contribution in [0.3, 0.4) is 0 Å². The normalized spacial score (nSPS) is 19.3. The van der Waals surface area contributed by atoms with Crippen LogP contribution in [0.1, 0.15) is 13.8 Å². The second-order valence-corrected chi connectivity index (χ2v) is 5.93. The SMILES string of the molecule is C=C(NC1=CC(C)C=C(SC(F)F)C(Br)=C1)C(C)=O. The number of halogens is 3. The molecule has 0 fully saturated rings. The molecule has 0 heterocycles. The van der Waals surface area contributed by atoms with Crippen LogP contribution in [0.5, 0.6) is 0 Å². The van der Waals surface area contributed by atoms with Gasteiger partial charge in [0.05, 0.1) is 5.70 Å². The first kappa shape index (κ1) is 16.2. The van der Waals surface area contributed by atoms with E-state index in [-0.39, 0.29) is 17.4 Å². The molecule has 0 amide bonds. The lowest BCUT2D eigenvalue weighted by atomic mass is 10.1. The quantitative estimate of drug-likeness (QED) is 0.749. The van der Waals surface area contributed by atoms with Gasteiger partial charge in [-0.1, -0.05) is 37.4 Å². The average molecular weight is 350 g/mol. The molecule has 1 aliphatic rings. The lowest BCUT2D eigenvalue weighted by molar-refractivity contribution is -0.113. The highest BCUT2D eigenvalue weighted by Gasteiger charge is 2.16. The largest absolute Gasteiger partial charge is 0.353 e. The summed E-state index contributed by atoms with van der Waals surface area (Å²) in [6.45, 7) is 6.89. The molecule has 104 valence electrons. The predicted molar refractivity (Wildman–Crippen MR) is 78.9 cm³/mol. The Hall–Kier alpha value is -0.880. The van der Waals surface area contributed by atoms with Gasteiger partial charge in [-0.2, -0.15) is 8.78 Å². The minimum Gasteiger partial charge on any atom is -0.353 e. The van der Waals surface area contributed by atoms with Crippen LogP contribution in [0.15, 0.2) is 45.6 Å². The van der Waals surface area contributed by atoms with Gasteiger partial charge in [0.25, 0.3) is 5.76 Å². The van der Waals surface area contributed by atoms with Gasteiger partial charge in [0, 0.05) is 22.0 Å². The molecule has 0 aromatic heterocycles. The van der Waals surface area contributed by atoms with Crippen LogP contribution >= 0.6 is 27.7 Å². The van der Waals surface area contributed by atoms with Crippen molar-refractivity contribution in [2.24, 2.45) is 5.92 Å². The molecule has 19 heavy (non-hydrogen) atoms. The minimum atomic E-state index is -2.47. The van der Waals surface area contributed by atoms with Crippen molar-refractivity contribution < 1.29 is 13.6 Å². The van der Waals surface area contributed by atoms with E-state index >= 15 is 0 Å². The first-order chi connectivity index (χ1) is 8.79. The Labute approximate surface area is 123 Å². The Morgan fingerprint density at radius 3 is 2.68 bits per heavy atom. The molecule has 0 bridgehead atoms. The summed E-state index contributed by atoms with van der Waals surface area (Å²) in [6.07, 6.45) is 5.25. The fourth-order valence-electron chi connectivity index (χ4n) is 1.44. The molecule has 0 aliphatic heterocycles. The van der Waals surface area contributed by atoms with Gasteiger partial charge in [-0.15, -0.1) is 0 Å². The zero-order valence-electron chi connectivity index (χ0n) is 10.5. The zero-order chi connectivity index (χ0) is 14.6. The Morgan fingerprint density at radius 2 is 2.16 bits per heavy atom. The van der Waals surface area contributed by atoms with Crippen molar-refractivity contribution in [3.8, 4) is 0 Å². The van der Waals surface area contributed by atoms with Gasteiger partial charge in [-0.3, -0.25) is 4.79 Å². The smallest absolute Gasteiger partial charge is 0.288 e. The van der Waals surface area contributed by atoms with Gasteiger partial charge in [-0.05, 0) is 27.9 Å². The molecule has 1 N–H and O–H groups in total. The lowest BCUT2D eigenvalue weighted by Gasteiger charge is -2.08. The number of hydrogen-bond acceptors (Lipinski definition) is 3. The Morgan fingerprint density at radius 1 is 1.53 bits per heavy atom. The summed E-state index contributed by atoms with van der Waals surface area (Å²) in [4.78, 5) is 11.6. The first-order valence-electron chi connectivity index (χ1n) is 5.52. The maximum Gasteiger partial charge on any atom is 0.288 e. The molecule has 1 aliphatic carbocycles. The van der Waals surface area contributed by atoms with Crippen LogP contribution < -0.4 is 5.32 Å². The van der Waals surface area contributed by atoms with E-state index in [1.54, 1.807) is 12.2 Å². The molecule has 0 aromatic carbocycles. The third-order valence-corrected chi connectivity index (χ3v) is 4.02. The standard InChI is InChI=1S/C13H14BrF2NOS/c1-7-4-10(17-8(2)9(3)18)6-11(14)12(5-7)19-13(15)16/h4-7,13,17H,2H2,1,3H3. The molecule has 1 rings (SSSR count). The van der Waals surface area contributed by atoms with Gasteiger partial charge >= 0.3 is 0 Å². The molecule has 0 spiro atoms. The van der Waals surface area contributed by atoms with Crippen molar-refractivity contribution >= 4 is 33.5 Å². The maximum absolute atomic E-state index is 12.4. The second-order valence-electron chi connectivity index (χ2n) is 4.04. The summed E-state index contributed by atoms with van der Waals surface area (Å²) in [5, 5.41) is 2.87. The van der Waals surface area contributed by atoms with Crippen LogP contribution in [0.25, 0.3) is 0 Å². The van der Waals surface area contributed by atoms with E-state index in [0.717, 1.165) is 0 Å². The van der Waals surface area contributed by atoms with E-state index in [1.165, 1.54) is 6.92 Å². The average Bonchev–Trinajstić information content (AvgIpc) is 2.37. The third kappa shape index (κ3) is 5.32. The van der Waals surface area contributed by atoms with E-state index < -0.39 is 5.76 Å². The number of rotatable bonds is 5. The number of carbonyl (C=O) groups excluding carboxylic acids is 1.